The predicted octanol–water partition coefficient (Wildman–Crippen LogP) is 1.46. The Hall–Kier alpha value is -2.52. The van der Waals surface area contributed by atoms with Gasteiger partial charge in [0.1, 0.15) is 5.82 Å². The fraction of sp³-hybridized carbons (Fsp3) is 0.353. The van der Waals surface area contributed by atoms with Crippen molar-refractivity contribution in [2.75, 3.05) is 44.7 Å². The van der Waals surface area contributed by atoms with Crippen molar-refractivity contribution in [3.05, 3.63) is 36.3 Å². The van der Waals surface area contributed by atoms with Crippen LogP contribution in [-0.2, 0) is 4.79 Å². The second-order valence-corrected chi connectivity index (χ2v) is 7.08. The third-order valence-corrected chi connectivity index (χ3v) is 5.39. The van der Waals surface area contributed by atoms with Crippen molar-refractivity contribution < 1.29 is 9.18 Å². The number of imidazole rings is 1. The first-order valence-corrected chi connectivity index (χ1v) is 9.25. The summed E-state index contributed by atoms with van der Waals surface area (Å²) < 4.78 is 14.8. The van der Waals surface area contributed by atoms with Crippen molar-refractivity contribution in [1.29, 1.82) is 0 Å². The van der Waals surface area contributed by atoms with Gasteiger partial charge in [-0.25, -0.2) is 13.9 Å². The fourth-order valence-electron chi connectivity index (χ4n) is 2.99. The molecule has 0 atom stereocenters. The highest BCUT2D eigenvalue weighted by molar-refractivity contribution is 7.20. The van der Waals surface area contributed by atoms with Gasteiger partial charge in [-0.1, -0.05) is 11.3 Å². The van der Waals surface area contributed by atoms with Crippen LogP contribution in [-0.4, -0.2) is 65.2 Å². The van der Waals surface area contributed by atoms with E-state index in [-0.39, 0.29) is 11.7 Å². The molecule has 7 nitrogen and oxygen atoms in total. The van der Waals surface area contributed by atoms with Crippen molar-refractivity contribution in [2.24, 2.45) is 0 Å². The van der Waals surface area contributed by atoms with Gasteiger partial charge in [0.05, 0.1) is 18.4 Å². The molecule has 9 heteroatoms. The van der Waals surface area contributed by atoms with Crippen LogP contribution in [0.15, 0.2) is 30.5 Å². The van der Waals surface area contributed by atoms with Crippen molar-refractivity contribution in [3.8, 4) is 11.3 Å². The minimum absolute atomic E-state index is 0.130. The van der Waals surface area contributed by atoms with Crippen LogP contribution in [0, 0.1) is 5.82 Å². The molecule has 1 fully saturated rings. The van der Waals surface area contributed by atoms with Gasteiger partial charge >= 0.3 is 0 Å². The second-order valence-electron chi connectivity index (χ2n) is 6.14. The molecule has 1 amide bonds. The van der Waals surface area contributed by atoms with E-state index in [1.165, 1.54) is 23.5 Å². The number of amides is 1. The number of benzene rings is 1. The number of piperazine rings is 1. The lowest BCUT2D eigenvalue weighted by Gasteiger charge is -2.34. The zero-order valence-electron chi connectivity index (χ0n) is 14.4. The van der Waals surface area contributed by atoms with Gasteiger partial charge in [0, 0.05) is 31.7 Å². The summed E-state index contributed by atoms with van der Waals surface area (Å²) >= 11 is 1.52. The van der Waals surface area contributed by atoms with E-state index in [9.17, 15) is 9.18 Å². The molecule has 1 saturated heterocycles. The molecule has 3 aromatic rings. The first kappa shape index (κ1) is 16.9. The van der Waals surface area contributed by atoms with Crippen LogP contribution in [0.1, 0.15) is 0 Å². The Balaban J connectivity index is 1.46. The van der Waals surface area contributed by atoms with Crippen LogP contribution >= 0.6 is 11.3 Å². The van der Waals surface area contributed by atoms with Gasteiger partial charge < -0.3 is 15.1 Å². The van der Waals surface area contributed by atoms with E-state index in [1.807, 2.05) is 11.1 Å². The second kappa shape index (κ2) is 7.00. The monoisotopic (exact) mass is 374 g/mol. The lowest BCUT2D eigenvalue weighted by Crippen LogP contribution is -2.50. The van der Waals surface area contributed by atoms with Crippen LogP contribution in [0.2, 0.25) is 0 Å². The Morgan fingerprint density at radius 1 is 1.23 bits per heavy atom. The number of halogens is 1. The zero-order chi connectivity index (χ0) is 18.1. The van der Waals surface area contributed by atoms with Crippen molar-refractivity contribution in [1.82, 2.24) is 24.8 Å². The molecule has 0 aliphatic carbocycles. The average molecular weight is 374 g/mol. The maximum absolute atomic E-state index is 13.1. The highest BCUT2D eigenvalue weighted by Crippen LogP contribution is 2.27. The summed E-state index contributed by atoms with van der Waals surface area (Å²) in [6, 6.07) is 6.28. The molecule has 0 bridgehead atoms. The van der Waals surface area contributed by atoms with Gasteiger partial charge in [-0.2, -0.15) is 0 Å². The van der Waals surface area contributed by atoms with Crippen molar-refractivity contribution in [3.63, 3.8) is 0 Å². The number of hydrogen-bond acceptors (Lipinski definition) is 6. The van der Waals surface area contributed by atoms with E-state index in [0.29, 0.717) is 19.6 Å². The van der Waals surface area contributed by atoms with Crippen LogP contribution in [0.3, 0.4) is 0 Å². The lowest BCUT2D eigenvalue weighted by molar-refractivity contribution is -0.130. The Bertz CT molecular complexity index is 882. The summed E-state index contributed by atoms with van der Waals surface area (Å²) in [7, 11) is 1.78. The molecule has 3 heterocycles. The fourth-order valence-corrected chi connectivity index (χ4v) is 3.92. The minimum Gasteiger partial charge on any atom is -0.343 e. The average Bonchev–Trinajstić information content (AvgIpc) is 3.22. The minimum atomic E-state index is -0.262. The van der Waals surface area contributed by atoms with Gasteiger partial charge in [0.2, 0.25) is 16.0 Å². The molecule has 1 N–H and O–H groups in total. The molecule has 1 aliphatic rings. The van der Waals surface area contributed by atoms with E-state index < -0.39 is 0 Å². The number of nitrogens with one attached hydrogen (secondary N) is 1. The molecule has 0 unspecified atom stereocenters. The van der Waals surface area contributed by atoms with Gasteiger partial charge in [-0.3, -0.25) is 4.79 Å². The molecular weight excluding hydrogens is 355 g/mol. The Kier molecular flexibility index (Phi) is 4.56. The summed E-state index contributed by atoms with van der Waals surface area (Å²) in [5, 5.41) is 8.41. The van der Waals surface area contributed by atoms with E-state index in [1.54, 1.807) is 23.7 Å². The first-order chi connectivity index (χ1) is 12.6. The van der Waals surface area contributed by atoms with Gasteiger partial charge in [0.25, 0.3) is 0 Å². The smallest absolute Gasteiger partial charge is 0.236 e. The predicted molar refractivity (Wildman–Crippen MR) is 99.0 cm³/mol. The summed E-state index contributed by atoms with van der Waals surface area (Å²) in [6.07, 6.45) is 1.86. The maximum atomic E-state index is 13.1. The Morgan fingerprint density at radius 3 is 2.62 bits per heavy atom. The number of carbonyl (C=O) groups is 1. The molecule has 0 saturated carbocycles. The largest absolute Gasteiger partial charge is 0.343 e. The van der Waals surface area contributed by atoms with Gasteiger partial charge in [-0.15, -0.1) is 5.10 Å². The molecule has 2 aromatic heterocycles. The normalized spacial score (nSPS) is 15.0. The molecule has 0 spiro atoms. The maximum Gasteiger partial charge on any atom is 0.236 e. The van der Waals surface area contributed by atoms with Crippen LogP contribution < -0.4 is 10.2 Å². The number of likely N-dealkylation sites (N-methyl/N-ethyl adjacent to an activating group) is 1. The molecule has 4 rings (SSSR count). The van der Waals surface area contributed by atoms with Gasteiger partial charge in [-0.05, 0) is 31.3 Å². The summed E-state index contributed by atoms with van der Waals surface area (Å²) in [5.74, 6) is -0.132. The zero-order valence-corrected chi connectivity index (χ0v) is 15.2. The van der Waals surface area contributed by atoms with Crippen LogP contribution in [0.25, 0.3) is 16.2 Å². The Labute approximate surface area is 154 Å². The SMILES string of the molecule is CNCC(=O)N1CCN(c2nn3cc(-c4ccc(F)cc4)nc3s2)CC1. The number of hydrogen-bond donors (Lipinski definition) is 1. The van der Waals surface area contributed by atoms with E-state index >= 15 is 0 Å². The number of anilines is 1. The van der Waals surface area contributed by atoms with Crippen molar-refractivity contribution >= 4 is 27.3 Å². The summed E-state index contributed by atoms with van der Waals surface area (Å²) in [6.45, 7) is 3.29. The molecular formula is C17H19FN6OS. The first-order valence-electron chi connectivity index (χ1n) is 8.43. The molecule has 0 radical (unpaired) electrons. The van der Waals surface area contributed by atoms with E-state index in [0.717, 1.165) is 34.4 Å². The number of nitrogens with zero attached hydrogens (tertiary/aromatic N) is 5. The van der Waals surface area contributed by atoms with Crippen molar-refractivity contribution in [2.45, 2.75) is 0 Å². The summed E-state index contributed by atoms with van der Waals surface area (Å²) in [5.41, 5.74) is 1.64. The van der Waals surface area contributed by atoms with Crippen LogP contribution in [0.4, 0.5) is 9.52 Å². The quantitative estimate of drug-likeness (QED) is 0.749. The van der Waals surface area contributed by atoms with Gasteiger partial charge in [0.15, 0.2) is 0 Å². The highest BCUT2D eigenvalue weighted by atomic mass is 32.1. The van der Waals surface area contributed by atoms with E-state index in [2.05, 4.69) is 20.3 Å². The number of carbonyl (C=O) groups excluding carboxylic acids is 1. The number of aromatic nitrogens is 3. The molecule has 1 aliphatic heterocycles. The third-order valence-electron chi connectivity index (χ3n) is 4.40. The summed E-state index contributed by atoms with van der Waals surface area (Å²) in [4.78, 5) is 21.4. The molecule has 1 aromatic carbocycles. The molecule has 136 valence electrons. The van der Waals surface area contributed by atoms with Crippen LogP contribution in [0.5, 0.6) is 0 Å². The lowest BCUT2D eigenvalue weighted by atomic mass is 10.2. The number of fused-ring (bicyclic) bond motifs is 1. The topological polar surface area (TPSA) is 65.8 Å². The third kappa shape index (κ3) is 3.27. The van der Waals surface area contributed by atoms with E-state index in [4.69, 9.17) is 0 Å². The standard InChI is InChI=1S/C17H19FN6OS/c1-19-10-15(25)22-6-8-23(9-7-22)17-21-24-11-14(20-16(24)26-17)12-2-4-13(18)5-3-12/h2-5,11,19H,6-10H2,1H3. The highest BCUT2D eigenvalue weighted by Gasteiger charge is 2.23. The molecule has 26 heavy (non-hydrogen) atoms. The Morgan fingerprint density at radius 2 is 1.96 bits per heavy atom. The number of rotatable bonds is 4.